The van der Waals surface area contributed by atoms with E-state index < -0.39 is 0 Å². The number of rotatable bonds is 5. The Morgan fingerprint density at radius 2 is 2.24 bits per heavy atom. The second-order valence-corrected chi connectivity index (χ2v) is 5.30. The van der Waals surface area contributed by atoms with E-state index in [1.165, 1.54) is 19.0 Å². The summed E-state index contributed by atoms with van der Waals surface area (Å²) in [6.45, 7) is 5.05. The molecule has 0 bridgehead atoms. The summed E-state index contributed by atoms with van der Waals surface area (Å²) in [5, 5.41) is 14.4. The molecule has 2 heterocycles. The van der Waals surface area contributed by atoms with Crippen LogP contribution in [0.3, 0.4) is 0 Å². The van der Waals surface area contributed by atoms with Gasteiger partial charge in [0.2, 0.25) is 0 Å². The van der Waals surface area contributed by atoms with Crippen molar-refractivity contribution in [2.45, 2.75) is 25.8 Å². The SMILES string of the molecule is CC(CN1CCCC1)NC(=O)c1ccc(C(N)=NO)cn1. The van der Waals surface area contributed by atoms with E-state index in [4.69, 9.17) is 10.9 Å². The van der Waals surface area contributed by atoms with Crippen LogP contribution in [0, 0.1) is 0 Å². The molecule has 0 radical (unpaired) electrons. The van der Waals surface area contributed by atoms with Crippen molar-refractivity contribution in [3.05, 3.63) is 29.6 Å². The summed E-state index contributed by atoms with van der Waals surface area (Å²) in [7, 11) is 0. The Labute approximate surface area is 123 Å². The number of amidine groups is 1. The van der Waals surface area contributed by atoms with Crippen LogP contribution in [0.4, 0.5) is 0 Å². The molecule has 1 saturated heterocycles. The molecule has 114 valence electrons. The zero-order valence-corrected chi connectivity index (χ0v) is 12.1. The largest absolute Gasteiger partial charge is 0.409 e. The highest BCUT2D eigenvalue weighted by Crippen LogP contribution is 2.08. The molecule has 1 aliphatic rings. The van der Waals surface area contributed by atoms with Crippen LogP contribution >= 0.6 is 0 Å². The maximum absolute atomic E-state index is 12.1. The maximum atomic E-state index is 12.1. The van der Waals surface area contributed by atoms with Gasteiger partial charge in [-0.25, -0.2) is 0 Å². The molecule has 4 N–H and O–H groups in total. The minimum atomic E-state index is -0.215. The summed E-state index contributed by atoms with van der Waals surface area (Å²) in [4.78, 5) is 18.5. The molecule has 0 aliphatic carbocycles. The van der Waals surface area contributed by atoms with Gasteiger partial charge in [-0.15, -0.1) is 0 Å². The lowest BCUT2D eigenvalue weighted by atomic mass is 10.2. The second kappa shape index (κ2) is 7.03. The molecule has 1 aromatic heterocycles. The summed E-state index contributed by atoms with van der Waals surface area (Å²) < 4.78 is 0. The number of aromatic nitrogens is 1. The fourth-order valence-corrected chi connectivity index (χ4v) is 2.43. The monoisotopic (exact) mass is 291 g/mol. The number of hydrogen-bond donors (Lipinski definition) is 3. The van der Waals surface area contributed by atoms with Gasteiger partial charge in [-0.1, -0.05) is 5.16 Å². The van der Waals surface area contributed by atoms with E-state index in [1.807, 2.05) is 6.92 Å². The third kappa shape index (κ3) is 4.16. The van der Waals surface area contributed by atoms with Gasteiger partial charge in [0.05, 0.1) is 0 Å². The smallest absolute Gasteiger partial charge is 0.270 e. The minimum Gasteiger partial charge on any atom is -0.409 e. The average molecular weight is 291 g/mol. The van der Waals surface area contributed by atoms with E-state index in [1.54, 1.807) is 12.1 Å². The highest BCUT2D eigenvalue weighted by molar-refractivity contribution is 5.98. The first-order valence-electron chi connectivity index (χ1n) is 7.07. The zero-order chi connectivity index (χ0) is 15.2. The molecule has 1 amide bonds. The summed E-state index contributed by atoms with van der Waals surface area (Å²) in [6, 6.07) is 3.23. The Balaban J connectivity index is 1.90. The van der Waals surface area contributed by atoms with Crippen LogP contribution in [0.5, 0.6) is 0 Å². The van der Waals surface area contributed by atoms with Gasteiger partial charge in [0.1, 0.15) is 5.69 Å². The molecule has 0 spiro atoms. The molecule has 2 rings (SSSR count). The number of nitrogens with one attached hydrogen (secondary N) is 1. The quantitative estimate of drug-likeness (QED) is 0.315. The standard InChI is InChI=1S/C14H21N5O2/c1-10(9-19-6-2-3-7-19)17-14(20)12-5-4-11(8-16-12)13(15)18-21/h4-5,8,10,21H,2-3,6-7,9H2,1H3,(H2,15,18)(H,17,20). The predicted molar refractivity (Wildman–Crippen MR) is 79.4 cm³/mol. The lowest BCUT2D eigenvalue weighted by molar-refractivity contribution is 0.0927. The first-order valence-corrected chi connectivity index (χ1v) is 7.07. The van der Waals surface area contributed by atoms with Crippen molar-refractivity contribution in [3.8, 4) is 0 Å². The molecular formula is C14H21N5O2. The van der Waals surface area contributed by atoms with E-state index in [0.717, 1.165) is 19.6 Å². The Kier molecular flexibility index (Phi) is 5.10. The normalized spacial score (nSPS) is 17.7. The fourth-order valence-electron chi connectivity index (χ4n) is 2.43. The number of carbonyl (C=O) groups excluding carboxylic acids is 1. The summed E-state index contributed by atoms with van der Waals surface area (Å²) in [5.74, 6) is -0.246. The third-order valence-electron chi connectivity index (χ3n) is 3.51. The van der Waals surface area contributed by atoms with Crippen molar-refractivity contribution in [3.63, 3.8) is 0 Å². The summed E-state index contributed by atoms with van der Waals surface area (Å²) in [5.41, 5.74) is 6.24. The molecule has 0 aromatic carbocycles. The molecular weight excluding hydrogens is 270 g/mol. The Morgan fingerprint density at radius 3 is 2.81 bits per heavy atom. The molecule has 21 heavy (non-hydrogen) atoms. The molecule has 1 unspecified atom stereocenters. The van der Waals surface area contributed by atoms with E-state index in [2.05, 4.69) is 20.4 Å². The van der Waals surface area contributed by atoms with Crippen molar-refractivity contribution in [2.75, 3.05) is 19.6 Å². The molecule has 1 aromatic rings. The number of amides is 1. The number of carbonyl (C=O) groups is 1. The second-order valence-electron chi connectivity index (χ2n) is 5.30. The minimum absolute atomic E-state index is 0.0307. The van der Waals surface area contributed by atoms with Crippen LogP contribution in [0.15, 0.2) is 23.5 Å². The number of hydrogen-bond acceptors (Lipinski definition) is 5. The van der Waals surface area contributed by atoms with Gasteiger partial charge < -0.3 is 21.2 Å². The number of nitrogens with two attached hydrogens (primary N) is 1. The van der Waals surface area contributed by atoms with Gasteiger partial charge in [0.15, 0.2) is 5.84 Å². The van der Waals surface area contributed by atoms with Crippen LogP contribution in [0.25, 0.3) is 0 Å². The zero-order valence-electron chi connectivity index (χ0n) is 12.1. The van der Waals surface area contributed by atoms with Crippen molar-refractivity contribution in [1.82, 2.24) is 15.2 Å². The number of oxime groups is 1. The summed E-state index contributed by atoms with van der Waals surface area (Å²) in [6.07, 6.45) is 3.88. The molecule has 1 atom stereocenters. The van der Waals surface area contributed by atoms with Gasteiger partial charge in [0.25, 0.3) is 5.91 Å². The van der Waals surface area contributed by atoms with Crippen LogP contribution in [0.1, 0.15) is 35.8 Å². The van der Waals surface area contributed by atoms with Crippen LogP contribution in [0.2, 0.25) is 0 Å². The van der Waals surface area contributed by atoms with Crippen molar-refractivity contribution in [2.24, 2.45) is 10.9 Å². The average Bonchev–Trinajstić information content (AvgIpc) is 2.99. The number of nitrogens with zero attached hydrogens (tertiary/aromatic N) is 3. The van der Waals surface area contributed by atoms with E-state index in [9.17, 15) is 4.79 Å². The third-order valence-corrected chi connectivity index (χ3v) is 3.51. The number of likely N-dealkylation sites (tertiary alicyclic amines) is 1. The number of pyridine rings is 1. The van der Waals surface area contributed by atoms with Gasteiger partial charge in [0, 0.05) is 24.3 Å². The fraction of sp³-hybridized carbons (Fsp3) is 0.500. The van der Waals surface area contributed by atoms with Crippen LogP contribution < -0.4 is 11.1 Å². The first kappa shape index (κ1) is 15.2. The van der Waals surface area contributed by atoms with Gasteiger partial charge >= 0.3 is 0 Å². The highest BCUT2D eigenvalue weighted by atomic mass is 16.4. The maximum Gasteiger partial charge on any atom is 0.270 e. The van der Waals surface area contributed by atoms with E-state index in [0.29, 0.717) is 11.3 Å². The van der Waals surface area contributed by atoms with Crippen molar-refractivity contribution in [1.29, 1.82) is 0 Å². The Hall–Kier alpha value is -2.15. The molecule has 1 aliphatic heterocycles. The highest BCUT2D eigenvalue weighted by Gasteiger charge is 2.17. The molecule has 1 fully saturated rings. The predicted octanol–water partition coefficient (Wildman–Crippen LogP) is 0.390. The van der Waals surface area contributed by atoms with E-state index >= 15 is 0 Å². The topological polar surface area (TPSA) is 104 Å². The van der Waals surface area contributed by atoms with E-state index in [-0.39, 0.29) is 17.8 Å². The lowest BCUT2D eigenvalue weighted by Crippen LogP contribution is -2.41. The van der Waals surface area contributed by atoms with Gasteiger partial charge in [-0.05, 0) is 45.0 Å². The molecule has 0 saturated carbocycles. The Morgan fingerprint density at radius 1 is 1.52 bits per heavy atom. The summed E-state index contributed by atoms with van der Waals surface area (Å²) >= 11 is 0. The van der Waals surface area contributed by atoms with Gasteiger partial charge in [-0.2, -0.15) is 0 Å². The Bertz CT molecular complexity index is 509. The van der Waals surface area contributed by atoms with Crippen molar-refractivity contribution >= 4 is 11.7 Å². The van der Waals surface area contributed by atoms with Crippen LogP contribution in [-0.4, -0.2) is 52.5 Å². The first-order chi connectivity index (χ1) is 10.1. The van der Waals surface area contributed by atoms with Crippen molar-refractivity contribution < 1.29 is 10.0 Å². The lowest BCUT2D eigenvalue weighted by Gasteiger charge is -2.21. The molecule has 7 nitrogen and oxygen atoms in total. The van der Waals surface area contributed by atoms with Crippen LogP contribution in [-0.2, 0) is 0 Å². The van der Waals surface area contributed by atoms with Gasteiger partial charge in [-0.3, -0.25) is 9.78 Å². The molecule has 7 heteroatoms.